The van der Waals surface area contributed by atoms with Gasteiger partial charge in [0.2, 0.25) is 5.91 Å². The molecule has 0 bridgehead atoms. The van der Waals surface area contributed by atoms with E-state index in [9.17, 15) is 19.4 Å². The predicted molar refractivity (Wildman–Crippen MR) is 208 cm³/mol. The number of aliphatic hydroxyl groups excluding tert-OH is 1. The highest BCUT2D eigenvalue weighted by atomic mass is 31.2. The normalized spacial score (nSPS) is 15.0. The van der Waals surface area contributed by atoms with Crippen molar-refractivity contribution >= 4 is 13.7 Å². The number of aliphatic hydroxyl groups is 1. The predicted octanol–water partition coefficient (Wildman–Crippen LogP) is 10.4. The van der Waals surface area contributed by atoms with Crippen LogP contribution in [-0.2, 0) is 18.4 Å². The van der Waals surface area contributed by atoms with Crippen LogP contribution in [0.3, 0.4) is 0 Å². The van der Waals surface area contributed by atoms with E-state index in [1.807, 2.05) is 27.2 Å². The van der Waals surface area contributed by atoms with E-state index in [0.717, 1.165) is 51.4 Å². The summed E-state index contributed by atoms with van der Waals surface area (Å²) in [4.78, 5) is 23.0. The number of nitrogens with one attached hydrogen (secondary N) is 1. The summed E-state index contributed by atoms with van der Waals surface area (Å²) in [6.07, 6.45) is 37.8. The van der Waals surface area contributed by atoms with Gasteiger partial charge in [0.25, 0.3) is 0 Å². The number of likely N-dealkylation sites (N-methyl/N-ethyl adjacent to an activating group) is 1. The van der Waals surface area contributed by atoms with Crippen molar-refractivity contribution in [1.29, 1.82) is 0 Å². The van der Waals surface area contributed by atoms with Gasteiger partial charge in [0, 0.05) is 6.42 Å². The summed E-state index contributed by atoms with van der Waals surface area (Å²) >= 11 is 0. The van der Waals surface area contributed by atoms with E-state index >= 15 is 0 Å². The van der Waals surface area contributed by atoms with E-state index in [0.29, 0.717) is 17.4 Å². The molecule has 0 aromatic heterocycles. The highest BCUT2D eigenvalue weighted by Crippen LogP contribution is 2.43. The lowest BCUT2D eigenvalue weighted by Crippen LogP contribution is -2.45. The van der Waals surface area contributed by atoms with Crippen LogP contribution in [-0.4, -0.2) is 73.4 Å². The quantitative estimate of drug-likeness (QED) is 0.0261. The number of carbonyl (C=O) groups excluding carboxylic acids is 1. The zero-order valence-corrected chi connectivity index (χ0v) is 33.3. The maximum absolute atomic E-state index is 12.8. The molecule has 0 radical (unpaired) electrons. The lowest BCUT2D eigenvalue weighted by Gasteiger charge is -2.25. The Morgan fingerprint density at radius 3 is 1.63 bits per heavy atom. The van der Waals surface area contributed by atoms with Crippen molar-refractivity contribution in [1.82, 2.24) is 5.32 Å². The fourth-order valence-electron chi connectivity index (χ4n) is 5.34. The van der Waals surface area contributed by atoms with Gasteiger partial charge >= 0.3 is 7.82 Å². The molecule has 1 amide bonds. The second-order valence-corrected chi connectivity index (χ2v) is 16.1. The Bertz CT molecular complexity index is 902. The van der Waals surface area contributed by atoms with Crippen molar-refractivity contribution in [2.45, 2.75) is 174 Å². The Hall–Kier alpha value is -1.28. The molecule has 3 N–H and O–H groups in total. The minimum Gasteiger partial charge on any atom is -0.387 e. The average Bonchev–Trinajstić information content (AvgIpc) is 3.04. The van der Waals surface area contributed by atoms with E-state index in [1.54, 1.807) is 6.08 Å². The first-order valence-electron chi connectivity index (χ1n) is 19.9. The Morgan fingerprint density at radius 1 is 0.673 bits per heavy atom. The van der Waals surface area contributed by atoms with Crippen molar-refractivity contribution in [3.05, 3.63) is 36.5 Å². The smallest absolute Gasteiger partial charge is 0.387 e. The maximum atomic E-state index is 12.8. The molecule has 8 nitrogen and oxygen atoms in total. The molecule has 0 heterocycles. The van der Waals surface area contributed by atoms with Crippen molar-refractivity contribution in [3.8, 4) is 0 Å². The number of hydrogen-bond acceptors (Lipinski definition) is 5. The van der Waals surface area contributed by atoms with Crippen LogP contribution < -0.4 is 5.32 Å². The van der Waals surface area contributed by atoms with E-state index in [4.69, 9.17) is 9.05 Å². The molecule has 9 heteroatoms. The Morgan fingerprint density at radius 2 is 1.12 bits per heavy atom. The average molecular weight is 714 g/mol. The van der Waals surface area contributed by atoms with Gasteiger partial charge in [-0.05, 0) is 57.8 Å². The summed E-state index contributed by atoms with van der Waals surface area (Å²) < 4.78 is 23.4. The van der Waals surface area contributed by atoms with Crippen LogP contribution >= 0.6 is 7.82 Å². The third kappa shape index (κ3) is 34.9. The standard InChI is InChI=1S/C40H77N2O6P/c1-6-8-10-12-14-16-18-20-21-22-24-26-28-30-32-34-40(44)41-38(37-48-49(45,46)47-36-35-42(3,4)5)39(43)33-31-29-27-25-23-19-17-15-13-11-9-7-2/h20-21,23,25,31,33,38-39,43H,6-19,22,24,26-30,32,34-37H2,1-5H3,(H-,41,44,45,46)/p+1/b21-20-,25-23+,33-31+. The fourth-order valence-corrected chi connectivity index (χ4v) is 6.08. The number of rotatable bonds is 35. The molecule has 0 saturated heterocycles. The Labute approximate surface area is 302 Å². The van der Waals surface area contributed by atoms with Crippen LogP contribution in [0, 0.1) is 0 Å². The van der Waals surface area contributed by atoms with Crippen LogP contribution in [0.25, 0.3) is 0 Å². The minimum absolute atomic E-state index is 0.0542. The number of amides is 1. The highest BCUT2D eigenvalue weighted by molar-refractivity contribution is 7.47. The summed E-state index contributed by atoms with van der Waals surface area (Å²) in [5.74, 6) is -0.199. The number of carbonyl (C=O) groups is 1. The van der Waals surface area contributed by atoms with E-state index < -0.39 is 20.0 Å². The lowest BCUT2D eigenvalue weighted by atomic mass is 10.1. The molecule has 0 saturated carbocycles. The van der Waals surface area contributed by atoms with Crippen LogP contribution in [0.5, 0.6) is 0 Å². The molecule has 0 aromatic rings. The van der Waals surface area contributed by atoms with Crippen molar-refractivity contribution in [3.63, 3.8) is 0 Å². The first-order chi connectivity index (χ1) is 23.5. The lowest BCUT2D eigenvalue weighted by molar-refractivity contribution is -0.870. The molecular formula is C40H78N2O6P+. The molecule has 3 unspecified atom stereocenters. The second-order valence-electron chi connectivity index (χ2n) is 14.6. The largest absolute Gasteiger partial charge is 0.472 e. The molecular weight excluding hydrogens is 635 g/mol. The molecule has 0 aliphatic heterocycles. The number of phosphoric ester groups is 1. The number of unbranched alkanes of at least 4 members (excludes halogenated alkanes) is 18. The summed E-state index contributed by atoms with van der Waals surface area (Å²) in [6, 6.07) is -0.863. The molecule has 0 rings (SSSR count). The van der Waals surface area contributed by atoms with Crippen molar-refractivity contribution < 1.29 is 32.9 Å². The first-order valence-corrected chi connectivity index (χ1v) is 21.4. The summed E-state index contributed by atoms with van der Waals surface area (Å²) in [6.45, 7) is 4.74. The molecule has 3 atom stereocenters. The molecule has 0 fully saturated rings. The van der Waals surface area contributed by atoms with Gasteiger partial charge in [-0.2, -0.15) is 0 Å². The van der Waals surface area contributed by atoms with Crippen LogP contribution in [0.2, 0.25) is 0 Å². The van der Waals surface area contributed by atoms with Gasteiger partial charge in [0.1, 0.15) is 13.2 Å². The van der Waals surface area contributed by atoms with Gasteiger partial charge < -0.3 is 19.8 Å². The Kier molecular flexibility index (Phi) is 31.8. The third-order valence-electron chi connectivity index (χ3n) is 8.58. The summed E-state index contributed by atoms with van der Waals surface area (Å²) in [5, 5.41) is 13.7. The van der Waals surface area contributed by atoms with E-state index in [2.05, 4.69) is 43.5 Å². The van der Waals surface area contributed by atoms with E-state index in [1.165, 1.54) is 89.9 Å². The van der Waals surface area contributed by atoms with Gasteiger partial charge in [-0.1, -0.05) is 134 Å². The number of allylic oxidation sites excluding steroid dienone is 5. The van der Waals surface area contributed by atoms with Gasteiger partial charge in [-0.15, -0.1) is 0 Å². The number of nitrogens with zero attached hydrogens (tertiary/aromatic N) is 1. The van der Waals surface area contributed by atoms with Crippen LogP contribution in [0.4, 0.5) is 0 Å². The minimum atomic E-state index is -4.34. The molecule has 0 aliphatic rings. The number of hydrogen-bond donors (Lipinski definition) is 3. The molecule has 0 aliphatic carbocycles. The zero-order chi connectivity index (χ0) is 36.5. The zero-order valence-electron chi connectivity index (χ0n) is 32.4. The fraction of sp³-hybridized carbons (Fsp3) is 0.825. The SMILES string of the molecule is CCCCCCCC/C=C\CCCCCCCC(=O)NC(COP(=O)(O)OCC[N+](C)(C)C)C(O)/C=C/CC/C=C/CCCCCCCC. The van der Waals surface area contributed by atoms with Gasteiger partial charge in [-0.3, -0.25) is 13.8 Å². The number of quaternary nitrogens is 1. The first kappa shape index (κ1) is 47.7. The summed E-state index contributed by atoms with van der Waals surface area (Å²) in [5.41, 5.74) is 0. The molecule has 49 heavy (non-hydrogen) atoms. The number of phosphoric acid groups is 1. The maximum Gasteiger partial charge on any atom is 0.472 e. The monoisotopic (exact) mass is 714 g/mol. The van der Waals surface area contributed by atoms with Crippen LogP contribution in [0.1, 0.15) is 162 Å². The van der Waals surface area contributed by atoms with Crippen molar-refractivity contribution in [2.24, 2.45) is 0 Å². The van der Waals surface area contributed by atoms with Gasteiger partial charge in [0.05, 0.1) is 39.9 Å². The van der Waals surface area contributed by atoms with Crippen molar-refractivity contribution in [2.75, 3.05) is 40.9 Å². The van der Waals surface area contributed by atoms with E-state index in [-0.39, 0.29) is 19.1 Å². The molecule has 288 valence electrons. The molecule has 0 spiro atoms. The summed E-state index contributed by atoms with van der Waals surface area (Å²) in [7, 11) is 1.54. The van der Waals surface area contributed by atoms with Gasteiger partial charge in [-0.25, -0.2) is 4.57 Å². The molecule has 0 aromatic carbocycles. The topological polar surface area (TPSA) is 105 Å². The second kappa shape index (κ2) is 32.6. The van der Waals surface area contributed by atoms with Crippen LogP contribution in [0.15, 0.2) is 36.5 Å². The van der Waals surface area contributed by atoms with Gasteiger partial charge in [0.15, 0.2) is 0 Å². The highest BCUT2D eigenvalue weighted by Gasteiger charge is 2.27. The third-order valence-corrected chi connectivity index (χ3v) is 9.57. The Balaban J connectivity index is 4.56.